The van der Waals surface area contributed by atoms with Crippen LogP contribution >= 0.6 is 0 Å². The van der Waals surface area contributed by atoms with Gasteiger partial charge in [-0.3, -0.25) is 4.98 Å². The summed E-state index contributed by atoms with van der Waals surface area (Å²) in [6.45, 7) is 6.28. The van der Waals surface area contributed by atoms with E-state index in [1.165, 1.54) is 39.0 Å². The van der Waals surface area contributed by atoms with Crippen LogP contribution in [0.1, 0.15) is 33.8 Å². The Labute approximate surface area is 147 Å². The normalized spacial score (nSPS) is 18.3. The first-order valence-corrected chi connectivity index (χ1v) is 8.94. The van der Waals surface area contributed by atoms with E-state index in [1.807, 2.05) is 6.20 Å². The Kier molecular flexibility index (Phi) is 3.13. The van der Waals surface area contributed by atoms with Crippen LogP contribution in [-0.4, -0.2) is 33.0 Å². The van der Waals surface area contributed by atoms with Gasteiger partial charge >= 0.3 is 0 Å². The summed E-state index contributed by atoms with van der Waals surface area (Å²) in [6.07, 6.45) is 6.31. The van der Waals surface area contributed by atoms with Gasteiger partial charge in [0.1, 0.15) is 5.65 Å². The molecule has 126 valence electrons. The number of fused-ring (bicyclic) bond motifs is 4. The highest BCUT2D eigenvalue weighted by Crippen LogP contribution is 2.36. The van der Waals surface area contributed by atoms with Gasteiger partial charge in [-0.2, -0.15) is 0 Å². The van der Waals surface area contributed by atoms with Gasteiger partial charge in [0.05, 0.1) is 5.69 Å². The van der Waals surface area contributed by atoms with Crippen molar-refractivity contribution in [3.63, 3.8) is 0 Å². The molecule has 0 amide bonds. The molecule has 4 heteroatoms. The van der Waals surface area contributed by atoms with E-state index >= 15 is 0 Å². The van der Waals surface area contributed by atoms with Crippen LogP contribution in [0.4, 0.5) is 0 Å². The lowest BCUT2D eigenvalue weighted by Crippen LogP contribution is -2.27. The molecule has 0 saturated carbocycles. The van der Waals surface area contributed by atoms with Crippen molar-refractivity contribution in [2.24, 2.45) is 0 Å². The molecule has 0 fully saturated rings. The molecule has 4 nitrogen and oxygen atoms in total. The molecule has 4 heterocycles. The van der Waals surface area contributed by atoms with Crippen molar-refractivity contribution in [2.45, 2.75) is 33.2 Å². The average molecular weight is 330 g/mol. The Balaban J connectivity index is 1.69. The van der Waals surface area contributed by atoms with Crippen LogP contribution in [0.5, 0.6) is 0 Å². The number of aromatic nitrogens is 3. The topological polar surface area (TPSA) is 34.0 Å². The molecule has 0 unspecified atom stereocenters. The molecular weight excluding hydrogens is 308 g/mol. The summed E-state index contributed by atoms with van der Waals surface area (Å²) in [5.74, 6) is 0. The van der Waals surface area contributed by atoms with Crippen LogP contribution in [0.3, 0.4) is 0 Å². The number of hydrogen-bond acceptors (Lipinski definition) is 3. The summed E-state index contributed by atoms with van der Waals surface area (Å²) in [5, 5.41) is 1.31. The predicted molar refractivity (Wildman–Crippen MR) is 101 cm³/mol. The fourth-order valence-corrected chi connectivity index (χ4v) is 4.11. The van der Waals surface area contributed by atoms with E-state index < -0.39 is 0 Å². The van der Waals surface area contributed by atoms with E-state index in [0.29, 0.717) is 0 Å². The standard InChI is InChI=1S/C21H22N4/c1-13-8-17-18-12-24(3)7-6-20(18)25(21(17)22-10-13)11-15-9-19-16(15)5-4-14(2)23-19/h4-5,8,10-11H,6-7,9,12H2,1-3H3/b15-11+. The maximum atomic E-state index is 4.78. The Morgan fingerprint density at radius 2 is 2.08 bits per heavy atom. The zero-order chi connectivity index (χ0) is 17.1. The molecule has 2 aliphatic rings. The second-order valence-corrected chi connectivity index (χ2v) is 7.44. The van der Waals surface area contributed by atoms with Gasteiger partial charge in [-0.15, -0.1) is 0 Å². The van der Waals surface area contributed by atoms with Gasteiger partial charge in [0.2, 0.25) is 0 Å². The third-order valence-electron chi connectivity index (χ3n) is 5.46. The Morgan fingerprint density at radius 3 is 2.92 bits per heavy atom. The lowest BCUT2D eigenvalue weighted by atomic mass is 9.88. The summed E-state index contributed by atoms with van der Waals surface area (Å²) >= 11 is 0. The Hall–Kier alpha value is -2.46. The number of nitrogens with zero attached hydrogens (tertiary/aromatic N) is 4. The van der Waals surface area contributed by atoms with Crippen LogP contribution in [0, 0.1) is 13.8 Å². The molecule has 1 aliphatic heterocycles. The van der Waals surface area contributed by atoms with E-state index in [9.17, 15) is 0 Å². The summed E-state index contributed by atoms with van der Waals surface area (Å²) in [6, 6.07) is 6.59. The van der Waals surface area contributed by atoms with Crippen LogP contribution in [0.2, 0.25) is 0 Å². The molecule has 0 saturated heterocycles. The number of pyridine rings is 2. The van der Waals surface area contributed by atoms with Gasteiger partial charge in [0, 0.05) is 60.7 Å². The molecule has 3 aromatic heterocycles. The fraction of sp³-hybridized carbons (Fsp3) is 0.333. The average Bonchev–Trinajstić information content (AvgIpc) is 2.86. The minimum atomic E-state index is 0.956. The smallest absolute Gasteiger partial charge is 0.144 e. The molecule has 1 aliphatic carbocycles. The first kappa shape index (κ1) is 14.8. The first-order chi connectivity index (χ1) is 12.1. The minimum Gasteiger partial charge on any atom is -0.304 e. The molecular formula is C21H22N4. The van der Waals surface area contributed by atoms with Crippen molar-refractivity contribution in [1.82, 2.24) is 19.4 Å². The van der Waals surface area contributed by atoms with Crippen LogP contribution < -0.4 is 0 Å². The molecule has 5 rings (SSSR count). The number of hydrogen-bond donors (Lipinski definition) is 0. The number of rotatable bonds is 1. The van der Waals surface area contributed by atoms with Crippen LogP contribution in [0.15, 0.2) is 24.4 Å². The predicted octanol–water partition coefficient (Wildman–Crippen LogP) is 3.59. The van der Waals surface area contributed by atoms with Gasteiger partial charge in [-0.1, -0.05) is 6.07 Å². The SMILES string of the molecule is Cc1cnc2c(c1)c1c(n2/C=C2\Cc3nc(C)ccc32)CCN(C)C1. The summed E-state index contributed by atoms with van der Waals surface area (Å²) in [5.41, 5.74) is 10.2. The summed E-state index contributed by atoms with van der Waals surface area (Å²) in [4.78, 5) is 11.8. The number of aryl methyl sites for hydroxylation is 2. The molecule has 0 N–H and O–H groups in total. The van der Waals surface area contributed by atoms with Crippen LogP contribution in [0.25, 0.3) is 22.8 Å². The van der Waals surface area contributed by atoms with E-state index in [0.717, 1.165) is 37.3 Å². The first-order valence-electron chi connectivity index (χ1n) is 8.94. The zero-order valence-corrected chi connectivity index (χ0v) is 15.0. The van der Waals surface area contributed by atoms with Crippen LogP contribution in [-0.2, 0) is 19.4 Å². The number of likely N-dealkylation sites (N-methyl/N-ethyl adjacent to an activating group) is 1. The van der Waals surface area contributed by atoms with Gasteiger partial charge < -0.3 is 9.47 Å². The molecule has 25 heavy (non-hydrogen) atoms. The van der Waals surface area contributed by atoms with Gasteiger partial charge in [0.25, 0.3) is 0 Å². The Bertz CT molecular complexity index is 1040. The van der Waals surface area contributed by atoms with Gasteiger partial charge in [-0.25, -0.2) is 4.98 Å². The maximum absolute atomic E-state index is 4.78. The zero-order valence-electron chi connectivity index (χ0n) is 15.0. The van der Waals surface area contributed by atoms with E-state index in [2.05, 4.69) is 59.7 Å². The molecule has 0 radical (unpaired) electrons. The van der Waals surface area contributed by atoms with E-state index in [4.69, 9.17) is 4.98 Å². The lowest BCUT2D eigenvalue weighted by Gasteiger charge is -2.25. The minimum absolute atomic E-state index is 0.956. The third-order valence-corrected chi connectivity index (χ3v) is 5.46. The fourth-order valence-electron chi connectivity index (χ4n) is 4.11. The monoisotopic (exact) mass is 330 g/mol. The molecule has 0 spiro atoms. The molecule has 3 aromatic rings. The van der Waals surface area contributed by atoms with Crippen molar-refractivity contribution in [2.75, 3.05) is 13.6 Å². The highest BCUT2D eigenvalue weighted by atomic mass is 15.1. The summed E-state index contributed by atoms with van der Waals surface area (Å²) < 4.78 is 2.34. The Morgan fingerprint density at radius 1 is 1.20 bits per heavy atom. The largest absolute Gasteiger partial charge is 0.304 e. The van der Waals surface area contributed by atoms with Gasteiger partial charge in [0.15, 0.2) is 0 Å². The van der Waals surface area contributed by atoms with Crippen molar-refractivity contribution < 1.29 is 0 Å². The quantitative estimate of drug-likeness (QED) is 0.684. The molecule has 0 aromatic carbocycles. The van der Waals surface area contributed by atoms with Crippen molar-refractivity contribution >= 4 is 22.8 Å². The third kappa shape index (κ3) is 2.24. The summed E-state index contributed by atoms with van der Waals surface area (Å²) in [7, 11) is 2.20. The van der Waals surface area contributed by atoms with Crippen molar-refractivity contribution in [3.8, 4) is 0 Å². The van der Waals surface area contributed by atoms with Gasteiger partial charge in [-0.05, 0) is 49.7 Å². The number of allylic oxidation sites excluding steroid dienone is 1. The molecule has 0 bridgehead atoms. The van der Waals surface area contributed by atoms with E-state index in [-0.39, 0.29) is 0 Å². The van der Waals surface area contributed by atoms with E-state index in [1.54, 1.807) is 0 Å². The van der Waals surface area contributed by atoms with Crippen molar-refractivity contribution in [3.05, 3.63) is 58.2 Å². The second-order valence-electron chi connectivity index (χ2n) is 7.44. The lowest BCUT2D eigenvalue weighted by molar-refractivity contribution is 0.312. The van der Waals surface area contributed by atoms with Crippen molar-refractivity contribution in [1.29, 1.82) is 0 Å². The molecule has 0 atom stereocenters. The highest BCUT2D eigenvalue weighted by molar-refractivity contribution is 5.91. The highest BCUT2D eigenvalue weighted by Gasteiger charge is 2.25. The maximum Gasteiger partial charge on any atom is 0.144 e. The second kappa shape index (κ2) is 5.27.